The van der Waals surface area contributed by atoms with Crippen molar-refractivity contribution in [1.82, 2.24) is 0 Å². The molecule has 0 aromatic carbocycles. The average molecular weight is 215 g/mol. The summed E-state index contributed by atoms with van der Waals surface area (Å²) in [6.07, 6.45) is 1.15. The average Bonchev–Trinajstić information content (AvgIpc) is 2.14. The smallest absolute Gasteiger partial charge is 1.00 e. The second-order valence-electron chi connectivity index (χ2n) is 1.37. The summed E-state index contributed by atoms with van der Waals surface area (Å²) < 4.78 is 0. The Bertz CT molecular complexity index is 128. The number of halogens is 1. The van der Waals surface area contributed by atoms with Crippen molar-refractivity contribution in [1.29, 1.82) is 0 Å². The fraction of sp³-hybridized carbons (Fsp3) is 0.333. The SMILES string of the molecule is CCc1c[c-]cs1.[Br-].[Mg+2]. The first-order valence-electron chi connectivity index (χ1n) is 2.37. The number of rotatable bonds is 1. The minimum atomic E-state index is 0. The molecule has 1 aromatic heterocycles. The quantitative estimate of drug-likeness (QED) is 0.405. The number of hydrogen-bond donors (Lipinski definition) is 0. The van der Waals surface area contributed by atoms with Crippen LogP contribution in [-0.4, -0.2) is 23.1 Å². The van der Waals surface area contributed by atoms with E-state index in [1.165, 1.54) is 4.88 Å². The van der Waals surface area contributed by atoms with E-state index in [2.05, 4.69) is 13.0 Å². The van der Waals surface area contributed by atoms with Crippen LogP contribution < -0.4 is 17.0 Å². The maximum absolute atomic E-state index is 3.00. The van der Waals surface area contributed by atoms with Crippen LogP contribution in [-0.2, 0) is 6.42 Å². The van der Waals surface area contributed by atoms with Crippen LogP contribution in [0.3, 0.4) is 0 Å². The van der Waals surface area contributed by atoms with E-state index in [4.69, 9.17) is 0 Å². The Hall–Kier alpha value is 0.946. The van der Waals surface area contributed by atoms with Gasteiger partial charge in [-0.05, 0) is 0 Å². The van der Waals surface area contributed by atoms with Gasteiger partial charge in [0, 0.05) is 0 Å². The minimum absolute atomic E-state index is 0. The van der Waals surface area contributed by atoms with Crippen LogP contribution in [0.4, 0.5) is 0 Å². The van der Waals surface area contributed by atoms with Gasteiger partial charge in [0.05, 0.1) is 0 Å². The normalized spacial score (nSPS) is 7.22. The van der Waals surface area contributed by atoms with Crippen molar-refractivity contribution in [3.63, 3.8) is 0 Å². The van der Waals surface area contributed by atoms with Gasteiger partial charge in [-0.3, -0.25) is 11.3 Å². The Balaban J connectivity index is 0. The molecule has 0 aliphatic heterocycles. The van der Waals surface area contributed by atoms with Crippen LogP contribution in [0.2, 0.25) is 0 Å². The Morgan fingerprint density at radius 2 is 2.33 bits per heavy atom. The molecular weight excluding hydrogens is 208 g/mol. The van der Waals surface area contributed by atoms with Gasteiger partial charge >= 0.3 is 23.1 Å². The third kappa shape index (κ3) is 4.36. The molecule has 0 aliphatic rings. The Labute approximate surface area is 86.6 Å². The van der Waals surface area contributed by atoms with E-state index >= 15 is 0 Å². The molecule has 1 aromatic rings. The largest absolute Gasteiger partial charge is 2.00 e. The zero-order chi connectivity index (χ0) is 5.11. The fourth-order valence-electron chi connectivity index (χ4n) is 0.456. The minimum Gasteiger partial charge on any atom is -1.00 e. The molecule has 1 heterocycles. The van der Waals surface area contributed by atoms with Crippen LogP contribution in [0.5, 0.6) is 0 Å². The van der Waals surface area contributed by atoms with Crippen molar-refractivity contribution in [2.45, 2.75) is 13.3 Å². The van der Waals surface area contributed by atoms with Crippen molar-refractivity contribution >= 4 is 34.4 Å². The van der Waals surface area contributed by atoms with Gasteiger partial charge in [-0.2, -0.15) is 0 Å². The third-order valence-electron chi connectivity index (χ3n) is 0.871. The van der Waals surface area contributed by atoms with E-state index in [0.717, 1.165) is 6.42 Å². The third-order valence-corrected chi connectivity index (χ3v) is 1.83. The first-order chi connectivity index (χ1) is 3.43. The second-order valence-corrected chi connectivity index (χ2v) is 2.36. The molecule has 0 bridgehead atoms. The van der Waals surface area contributed by atoms with Crippen molar-refractivity contribution in [2.75, 3.05) is 0 Å². The summed E-state index contributed by atoms with van der Waals surface area (Å²) in [6, 6.07) is 5.03. The summed E-state index contributed by atoms with van der Waals surface area (Å²) in [5, 5.41) is 1.98. The Kier molecular flexibility index (Phi) is 9.89. The molecule has 46 valence electrons. The Morgan fingerprint density at radius 3 is 2.56 bits per heavy atom. The summed E-state index contributed by atoms with van der Waals surface area (Å²) >= 11 is 1.77. The van der Waals surface area contributed by atoms with Crippen LogP contribution in [0, 0.1) is 6.07 Å². The molecule has 0 amide bonds. The molecule has 0 nitrogen and oxygen atoms in total. The predicted octanol–water partition coefficient (Wildman–Crippen LogP) is -1.27. The predicted molar refractivity (Wildman–Crippen MR) is 38.3 cm³/mol. The molecule has 9 heavy (non-hydrogen) atoms. The summed E-state index contributed by atoms with van der Waals surface area (Å²) in [5.74, 6) is 0. The molecule has 0 aliphatic carbocycles. The first kappa shape index (κ1) is 12.6. The molecule has 0 saturated heterocycles. The Morgan fingerprint density at radius 1 is 1.67 bits per heavy atom. The zero-order valence-electron chi connectivity index (χ0n) is 5.36. The van der Waals surface area contributed by atoms with Crippen LogP contribution in [0.1, 0.15) is 11.8 Å². The standard InChI is InChI=1S/C6H7S.BrH.Mg/c1-2-6-4-3-5-7-6;;/h4-5H,2H2,1H3;1H;/q-1;;+2/p-1. The van der Waals surface area contributed by atoms with Gasteiger partial charge in [-0.1, -0.05) is 13.3 Å². The summed E-state index contributed by atoms with van der Waals surface area (Å²) in [4.78, 5) is 1.42. The topological polar surface area (TPSA) is 0 Å². The molecule has 0 fully saturated rings. The van der Waals surface area contributed by atoms with Gasteiger partial charge in [-0.25, -0.2) is 12.1 Å². The van der Waals surface area contributed by atoms with Gasteiger partial charge < -0.3 is 17.0 Å². The van der Waals surface area contributed by atoms with Gasteiger partial charge in [0.1, 0.15) is 0 Å². The van der Waals surface area contributed by atoms with E-state index < -0.39 is 0 Å². The van der Waals surface area contributed by atoms with Crippen LogP contribution in [0.15, 0.2) is 11.4 Å². The molecule has 0 N–H and O–H groups in total. The maximum Gasteiger partial charge on any atom is 2.00 e. The van der Waals surface area contributed by atoms with E-state index in [1.807, 2.05) is 11.4 Å². The summed E-state index contributed by atoms with van der Waals surface area (Å²) in [7, 11) is 0. The number of aryl methyl sites for hydroxylation is 1. The molecule has 0 spiro atoms. The molecule has 1 rings (SSSR count). The summed E-state index contributed by atoms with van der Waals surface area (Å²) in [6.45, 7) is 2.15. The van der Waals surface area contributed by atoms with Crippen molar-refractivity contribution in [3.8, 4) is 0 Å². The van der Waals surface area contributed by atoms with E-state index in [1.54, 1.807) is 11.3 Å². The fourth-order valence-corrected chi connectivity index (χ4v) is 1.05. The van der Waals surface area contributed by atoms with E-state index in [9.17, 15) is 0 Å². The molecule has 0 radical (unpaired) electrons. The van der Waals surface area contributed by atoms with Crippen molar-refractivity contribution in [2.24, 2.45) is 0 Å². The van der Waals surface area contributed by atoms with Gasteiger partial charge in [-0.15, -0.1) is 10.3 Å². The molecule has 0 unspecified atom stereocenters. The molecule has 3 heteroatoms. The van der Waals surface area contributed by atoms with Crippen LogP contribution in [0.25, 0.3) is 0 Å². The van der Waals surface area contributed by atoms with Crippen molar-refractivity contribution < 1.29 is 17.0 Å². The van der Waals surface area contributed by atoms with Gasteiger partial charge in [0.2, 0.25) is 0 Å². The van der Waals surface area contributed by atoms with Gasteiger partial charge in [0.15, 0.2) is 0 Å². The van der Waals surface area contributed by atoms with Crippen molar-refractivity contribution in [3.05, 3.63) is 22.4 Å². The molecule has 0 atom stereocenters. The van der Waals surface area contributed by atoms with E-state index in [-0.39, 0.29) is 40.0 Å². The summed E-state index contributed by atoms with van der Waals surface area (Å²) in [5.41, 5.74) is 0. The second kappa shape index (κ2) is 7.06. The molecular formula is C6H7BrMgS. The number of thiophene rings is 1. The molecule has 0 saturated carbocycles. The maximum atomic E-state index is 3.00. The van der Waals surface area contributed by atoms with E-state index in [0.29, 0.717) is 0 Å². The van der Waals surface area contributed by atoms with Crippen LogP contribution >= 0.6 is 11.3 Å². The number of hydrogen-bond acceptors (Lipinski definition) is 1. The zero-order valence-corrected chi connectivity index (χ0v) is 9.17. The van der Waals surface area contributed by atoms with Gasteiger partial charge in [0.25, 0.3) is 0 Å². The monoisotopic (exact) mass is 214 g/mol. The first-order valence-corrected chi connectivity index (χ1v) is 3.25.